The summed E-state index contributed by atoms with van der Waals surface area (Å²) in [6.07, 6.45) is 2.79. The highest BCUT2D eigenvalue weighted by atomic mass is 16.5. The molecule has 2 heterocycles. The average molecular weight is 307 g/mol. The third kappa shape index (κ3) is 3.69. The molecular formula is C17H29N3O2. The number of amides is 1. The van der Waals surface area contributed by atoms with Crippen molar-refractivity contribution in [3.63, 3.8) is 0 Å². The van der Waals surface area contributed by atoms with E-state index in [9.17, 15) is 4.79 Å². The zero-order valence-electron chi connectivity index (χ0n) is 14.5. The molecule has 5 nitrogen and oxygen atoms in total. The topological polar surface area (TPSA) is 56.2 Å². The Morgan fingerprint density at radius 3 is 2.77 bits per heavy atom. The van der Waals surface area contributed by atoms with E-state index in [-0.39, 0.29) is 17.9 Å². The molecule has 5 heteroatoms. The second-order valence-electron chi connectivity index (χ2n) is 6.64. The minimum atomic E-state index is -0.00941. The first-order chi connectivity index (χ1) is 10.4. The van der Waals surface area contributed by atoms with Gasteiger partial charge in [-0.2, -0.15) is 5.10 Å². The lowest BCUT2D eigenvalue weighted by Gasteiger charge is -2.33. The van der Waals surface area contributed by atoms with Gasteiger partial charge in [-0.1, -0.05) is 13.8 Å². The zero-order chi connectivity index (χ0) is 16.3. The maximum absolute atomic E-state index is 12.5. The van der Waals surface area contributed by atoms with Gasteiger partial charge in [-0.15, -0.1) is 0 Å². The number of ether oxygens (including phenoxy) is 1. The van der Waals surface area contributed by atoms with Crippen LogP contribution in [0.5, 0.6) is 0 Å². The van der Waals surface area contributed by atoms with Crippen molar-refractivity contribution in [2.24, 2.45) is 18.9 Å². The fourth-order valence-electron chi connectivity index (χ4n) is 3.36. The molecular weight excluding hydrogens is 278 g/mol. The molecule has 0 aromatic carbocycles. The normalized spacial score (nSPS) is 22.1. The molecule has 0 saturated carbocycles. The van der Waals surface area contributed by atoms with Gasteiger partial charge < -0.3 is 10.1 Å². The summed E-state index contributed by atoms with van der Waals surface area (Å²) in [5.41, 5.74) is 3.46. The van der Waals surface area contributed by atoms with Gasteiger partial charge >= 0.3 is 0 Å². The fraction of sp³-hybridized carbons (Fsp3) is 0.765. The minimum absolute atomic E-state index is 0.00941. The maximum Gasteiger partial charge on any atom is 0.225 e. The predicted molar refractivity (Wildman–Crippen MR) is 86.7 cm³/mol. The second-order valence-corrected chi connectivity index (χ2v) is 6.64. The van der Waals surface area contributed by atoms with Gasteiger partial charge in [0.15, 0.2) is 0 Å². The lowest BCUT2D eigenvalue weighted by atomic mass is 9.87. The zero-order valence-corrected chi connectivity index (χ0v) is 14.5. The van der Waals surface area contributed by atoms with Gasteiger partial charge in [0.1, 0.15) is 0 Å². The standard InChI is InChI=1S/C17H29N3O2/c1-11(2)16-15(7-6-10-22-16)17(21)18-9-8-14-12(3)19-20(5)13(14)4/h11,15-16H,6-10H2,1-5H3,(H,18,21). The smallest absolute Gasteiger partial charge is 0.225 e. The Hall–Kier alpha value is -1.36. The van der Waals surface area contributed by atoms with Gasteiger partial charge in [0.05, 0.1) is 17.7 Å². The van der Waals surface area contributed by atoms with E-state index in [1.807, 2.05) is 18.7 Å². The Kier molecular flexibility index (Phi) is 5.62. The molecule has 1 N–H and O–H groups in total. The number of carbonyl (C=O) groups is 1. The molecule has 0 spiro atoms. The van der Waals surface area contributed by atoms with Crippen LogP contribution in [0.25, 0.3) is 0 Å². The molecule has 2 rings (SSSR count). The van der Waals surface area contributed by atoms with Crippen molar-refractivity contribution in [2.75, 3.05) is 13.2 Å². The van der Waals surface area contributed by atoms with E-state index in [4.69, 9.17) is 4.74 Å². The van der Waals surface area contributed by atoms with Gasteiger partial charge in [0.25, 0.3) is 0 Å². The Labute approximate surface area is 133 Å². The van der Waals surface area contributed by atoms with E-state index in [2.05, 4.69) is 31.2 Å². The van der Waals surface area contributed by atoms with Crippen molar-refractivity contribution >= 4 is 5.91 Å². The number of hydrogen-bond donors (Lipinski definition) is 1. The van der Waals surface area contributed by atoms with Crippen molar-refractivity contribution in [1.82, 2.24) is 15.1 Å². The van der Waals surface area contributed by atoms with Crippen molar-refractivity contribution in [1.29, 1.82) is 0 Å². The monoisotopic (exact) mass is 307 g/mol. The summed E-state index contributed by atoms with van der Waals surface area (Å²) in [5.74, 6) is 0.501. The number of aromatic nitrogens is 2. The first kappa shape index (κ1) is 17.0. The van der Waals surface area contributed by atoms with E-state index in [0.717, 1.165) is 31.6 Å². The summed E-state index contributed by atoms with van der Waals surface area (Å²) >= 11 is 0. The van der Waals surface area contributed by atoms with Crippen LogP contribution in [0.2, 0.25) is 0 Å². The van der Waals surface area contributed by atoms with Crippen LogP contribution in [0.4, 0.5) is 0 Å². The largest absolute Gasteiger partial charge is 0.377 e. The molecule has 2 atom stereocenters. The molecule has 1 saturated heterocycles. The van der Waals surface area contributed by atoms with Crippen molar-refractivity contribution in [2.45, 2.75) is 53.1 Å². The molecule has 1 amide bonds. The number of hydrogen-bond acceptors (Lipinski definition) is 3. The van der Waals surface area contributed by atoms with Gasteiger partial charge in [-0.25, -0.2) is 0 Å². The van der Waals surface area contributed by atoms with Gasteiger partial charge in [-0.3, -0.25) is 9.48 Å². The summed E-state index contributed by atoms with van der Waals surface area (Å²) in [6.45, 7) is 9.78. The molecule has 0 bridgehead atoms. The number of nitrogens with zero attached hydrogens (tertiary/aromatic N) is 2. The number of aryl methyl sites for hydroxylation is 2. The number of rotatable bonds is 5. The summed E-state index contributed by atoms with van der Waals surface area (Å²) in [4.78, 5) is 12.5. The summed E-state index contributed by atoms with van der Waals surface area (Å²) < 4.78 is 7.70. The van der Waals surface area contributed by atoms with Crippen LogP contribution >= 0.6 is 0 Å². The van der Waals surface area contributed by atoms with Crippen LogP contribution in [0.3, 0.4) is 0 Å². The van der Waals surface area contributed by atoms with Crippen LogP contribution in [-0.4, -0.2) is 34.9 Å². The predicted octanol–water partition coefficient (Wildman–Crippen LogP) is 2.15. The third-order valence-corrected chi connectivity index (χ3v) is 4.69. The van der Waals surface area contributed by atoms with Crippen molar-refractivity contribution < 1.29 is 9.53 Å². The Morgan fingerprint density at radius 1 is 1.45 bits per heavy atom. The lowest BCUT2D eigenvalue weighted by molar-refractivity contribution is -0.137. The van der Waals surface area contributed by atoms with E-state index in [1.54, 1.807) is 0 Å². The SMILES string of the molecule is Cc1nn(C)c(C)c1CCNC(=O)C1CCCOC1C(C)C. The van der Waals surface area contributed by atoms with E-state index >= 15 is 0 Å². The molecule has 0 aliphatic carbocycles. The highest BCUT2D eigenvalue weighted by Gasteiger charge is 2.33. The van der Waals surface area contributed by atoms with Crippen LogP contribution in [0.1, 0.15) is 43.6 Å². The molecule has 2 unspecified atom stereocenters. The first-order valence-electron chi connectivity index (χ1n) is 8.30. The van der Waals surface area contributed by atoms with E-state index in [1.165, 1.54) is 11.3 Å². The highest BCUT2D eigenvalue weighted by molar-refractivity contribution is 5.79. The molecule has 1 fully saturated rings. The van der Waals surface area contributed by atoms with Crippen LogP contribution in [0, 0.1) is 25.7 Å². The summed E-state index contributed by atoms with van der Waals surface area (Å²) in [6, 6.07) is 0. The second kappa shape index (κ2) is 7.27. The Morgan fingerprint density at radius 2 is 2.18 bits per heavy atom. The summed E-state index contributed by atoms with van der Waals surface area (Å²) in [5, 5.41) is 7.51. The maximum atomic E-state index is 12.5. The van der Waals surface area contributed by atoms with Crippen LogP contribution in [-0.2, 0) is 23.0 Å². The van der Waals surface area contributed by atoms with E-state index in [0.29, 0.717) is 12.5 Å². The minimum Gasteiger partial charge on any atom is -0.377 e. The van der Waals surface area contributed by atoms with Crippen LogP contribution in [0.15, 0.2) is 0 Å². The van der Waals surface area contributed by atoms with Gasteiger partial charge in [-0.05, 0) is 44.6 Å². The first-order valence-corrected chi connectivity index (χ1v) is 8.30. The molecule has 1 aromatic rings. The lowest BCUT2D eigenvalue weighted by Crippen LogP contribution is -2.44. The molecule has 22 heavy (non-hydrogen) atoms. The molecule has 124 valence electrons. The molecule has 1 aliphatic rings. The van der Waals surface area contributed by atoms with E-state index < -0.39 is 0 Å². The van der Waals surface area contributed by atoms with Gasteiger partial charge in [0.2, 0.25) is 5.91 Å². The van der Waals surface area contributed by atoms with Crippen LogP contribution < -0.4 is 5.32 Å². The molecule has 1 aromatic heterocycles. The molecule has 1 aliphatic heterocycles. The van der Waals surface area contributed by atoms with Crippen molar-refractivity contribution in [3.8, 4) is 0 Å². The van der Waals surface area contributed by atoms with Crippen molar-refractivity contribution in [3.05, 3.63) is 17.0 Å². The Bertz CT molecular complexity index is 522. The quantitative estimate of drug-likeness (QED) is 0.907. The number of nitrogens with one attached hydrogen (secondary N) is 1. The fourth-order valence-corrected chi connectivity index (χ4v) is 3.36. The average Bonchev–Trinajstić information content (AvgIpc) is 2.73. The van der Waals surface area contributed by atoms with Gasteiger partial charge in [0, 0.05) is 25.9 Å². The summed E-state index contributed by atoms with van der Waals surface area (Å²) in [7, 11) is 1.96. The third-order valence-electron chi connectivity index (χ3n) is 4.69. The molecule has 0 radical (unpaired) electrons. The number of carbonyl (C=O) groups excluding carboxylic acids is 1. The highest BCUT2D eigenvalue weighted by Crippen LogP contribution is 2.26. The Balaban J connectivity index is 1.89.